The quantitative estimate of drug-likeness (QED) is 0.850. The van der Waals surface area contributed by atoms with Crippen LogP contribution in [0.5, 0.6) is 0 Å². The third kappa shape index (κ3) is 2.60. The molecule has 0 bridgehead atoms. The van der Waals surface area contributed by atoms with Crippen molar-refractivity contribution >= 4 is 22.9 Å². The van der Waals surface area contributed by atoms with Crippen molar-refractivity contribution in [3.63, 3.8) is 0 Å². The molecule has 2 aromatic rings. The maximum atomic E-state index is 10.5. The van der Waals surface area contributed by atoms with E-state index in [1.807, 2.05) is 53.4 Å². The van der Waals surface area contributed by atoms with Crippen LogP contribution in [0.25, 0.3) is 0 Å². The minimum Gasteiger partial charge on any atom is -0.373 e. The van der Waals surface area contributed by atoms with Crippen LogP contribution >= 0.6 is 12.2 Å². The van der Waals surface area contributed by atoms with Gasteiger partial charge in [-0.15, -0.1) is 0 Å². The van der Waals surface area contributed by atoms with E-state index >= 15 is 0 Å². The number of benzene rings is 2. The molecule has 0 amide bonds. The summed E-state index contributed by atoms with van der Waals surface area (Å²) in [7, 11) is 0. The number of para-hydroxylation sites is 1. The van der Waals surface area contributed by atoms with Crippen LogP contribution in [-0.4, -0.2) is 16.3 Å². The second-order valence-corrected chi connectivity index (χ2v) is 5.60. The Hall–Kier alpha value is -1.71. The van der Waals surface area contributed by atoms with E-state index in [2.05, 4.69) is 12.1 Å². The summed E-state index contributed by atoms with van der Waals surface area (Å²) in [5.41, 5.74) is 2.22. The molecule has 1 heterocycles. The average molecular weight is 283 g/mol. The molecule has 102 valence electrons. The summed E-state index contributed by atoms with van der Waals surface area (Å²) in [6.07, 6.45) is 0.966. The van der Waals surface area contributed by atoms with Crippen molar-refractivity contribution < 1.29 is 5.11 Å². The van der Waals surface area contributed by atoms with Crippen LogP contribution in [-0.2, 0) is 0 Å². The molecule has 0 aliphatic carbocycles. The van der Waals surface area contributed by atoms with Gasteiger partial charge in [0, 0.05) is 12.1 Å². The smallest absolute Gasteiger partial charge is 0.132 e. The van der Waals surface area contributed by atoms with Gasteiger partial charge < -0.3 is 10.0 Å². The zero-order valence-electron chi connectivity index (χ0n) is 11.1. The minimum absolute atomic E-state index is 0.304. The molecule has 1 aliphatic heterocycles. The number of nitrogens with zero attached hydrogens (tertiary/aromatic N) is 1. The molecular weight excluding hydrogens is 266 g/mol. The second-order valence-electron chi connectivity index (χ2n) is 5.13. The summed E-state index contributed by atoms with van der Waals surface area (Å²) in [5, 5.41) is 10.5. The van der Waals surface area contributed by atoms with E-state index < -0.39 is 6.23 Å². The van der Waals surface area contributed by atoms with Crippen molar-refractivity contribution in [2.75, 3.05) is 4.90 Å². The standard InChI is InChI=1S/C17H17NOS/c19-16-11-14(13-7-3-1-4-8-13)12-17(20)18(16)15-9-5-2-6-10-15/h1-10,14,16,19H,11-12H2/t14-,16-/m0/s1. The fourth-order valence-electron chi connectivity index (χ4n) is 2.80. The van der Waals surface area contributed by atoms with Gasteiger partial charge in [0.25, 0.3) is 0 Å². The van der Waals surface area contributed by atoms with E-state index in [0.717, 1.165) is 17.1 Å². The Labute approximate surface area is 124 Å². The summed E-state index contributed by atoms with van der Waals surface area (Å²) in [6.45, 7) is 0. The van der Waals surface area contributed by atoms with Crippen LogP contribution < -0.4 is 4.90 Å². The molecule has 1 aliphatic rings. The maximum Gasteiger partial charge on any atom is 0.132 e. The third-order valence-electron chi connectivity index (χ3n) is 3.79. The fourth-order valence-corrected chi connectivity index (χ4v) is 3.23. The first-order chi connectivity index (χ1) is 9.75. The lowest BCUT2D eigenvalue weighted by molar-refractivity contribution is 0.156. The fraction of sp³-hybridized carbons (Fsp3) is 0.235. The van der Waals surface area contributed by atoms with Gasteiger partial charge in [-0.1, -0.05) is 60.7 Å². The van der Waals surface area contributed by atoms with Gasteiger partial charge in [0.1, 0.15) is 6.23 Å². The molecule has 20 heavy (non-hydrogen) atoms. The van der Waals surface area contributed by atoms with Gasteiger partial charge in [0.15, 0.2) is 0 Å². The molecule has 2 aromatic carbocycles. The number of anilines is 1. The van der Waals surface area contributed by atoms with E-state index in [0.29, 0.717) is 12.3 Å². The Kier molecular flexibility index (Phi) is 3.81. The van der Waals surface area contributed by atoms with Crippen LogP contribution in [0.1, 0.15) is 24.3 Å². The normalized spacial score (nSPS) is 22.9. The molecule has 0 spiro atoms. The summed E-state index contributed by atoms with van der Waals surface area (Å²) in [4.78, 5) is 2.68. The number of hydrogen-bond donors (Lipinski definition) is 1. The number of thiocarbonyl (C=S) groups is 1. The number of aliphatic hydroxyl groups is 1. The highest BCUT2D eigenvalue weighted by molar-refractivity contribution is 7.80. The van der Waals surface area contributed by atoms with Crippen molar-refractivity contribution in [2.24, 2.45) is 0 Å². The van der Waals surface area contributed by atoms with E-state index in [4.69, 9.17) is 12.2 Å². The monoisotopic (exact) mass is 283 g/mol. The molecule has 0 saturated carbocycles. The Morgan fingerprint density at radius 2 is 1.55 bits per heavy atom. The minimum atomic E-state index is -0.552. The number of aliphatic hydroxyl groups excluding tert-OH is 1. The largest absolute Gasteiger partial charge is 0.373 e. The molecule has 1 fully saturated rings. The number of rotatable bonds is 2. The highest BCUT2D eigenvalue weighted by Crippen LogP contribution is 2.34. The van der Waals surface area contributed by atoms with Crippen molar-refractivity contribution in [3.05, 3.63) is 66.2 Å². The van der Waals surface area contributed by atoms with E-state index in [9.17, 15) is 5.11 Å². The summed E-state index contributed by atoms with van der Waals surface area (Å²) in [6, 6.07) is 20.2. The molecule has 3 rings (SSSR count). The SMILES string of the molecule is O[C@H]1C[C@H](c2ccccc2)CC(=S)N1c1ccccc1. The van der Waals surface area contributed by atoms with Crippen LogP contribution in [0.3, 0.4) is 0 Å². The maximum absolute atomic E-state index is 10.5. The van der Waals surface area contributed by atoms with Gasteiger partial charge >= 0.3 is 0 Å². The molecule has 0 unspecified atom stereocenters. The Morgan fingerprint density at radius 3 is 2.15 bits per heavy atom. The highest BCUT2D eigenvalue weighted by Gasteiger charge is 2.31. The van der Waals surface area contributed by atoms with Crippen LogP contribution in [0.2, 0.25) is 0 Å². The molecule has 3 heteroatoms. The first kappa shape index (κ1) is 13.3. The zero-order chi connectivity index (χ0) is 13.9. The van der Waals surface area contributed by atoms with Crippen LogP contribution in [0, 0.1) is 0 Å². The van der Waals surface area contributed by atoms with Crippen molar-refractivity contribution in [1.82, 2.24) is 0 Å². The Balaban J connectivity index is 1.82. The lowest BCUT2D eigenvalue weighted by Crippen LogP contribution is -2.45. The Bertz CT molecular complexity index is 584. The summed E-state index contributed by atoms with van der Waals surface area (Å²) < 4.78 is 0. The Morgan fingerprint density at radius 1 is 0.950 bits per heavy atom. The van der Waals surface area contributed by atoms with Gasteiger partial charge in [0.2, 0.25) is 0 Å². The molecule has 0 radical (unpaired) electrons. The number of piperidine rings is 1. The van der Waals surface area contributed by atoms with Gasteiger partial charge in [-0.05, 0) is 30.0 Å². The van der Waals surface area contributed by atoms with Gasteiger partial charge in [-0.3, -0.25) is 0 Å². The van der Waals surface area contributed by atoms with Crippen LogP contribution in [0.4, 0.5) is 5.69 Å². The second kappa shape index (κ2) is 5.73. The van der Waals surface area contributed by atoms with E-state index in [1.54, 1.807) is 0 Å². The third-order valence-corrected chi connectivity index (χ3v) is 4.15. The molecule has 1 saturated heterocycles. The topological polar surface area (TPSA) is 23.5 Å². The lowest BCUT2D eigenvalue weighted by atomic mass is 9.88. The van der Waals surface area contributed by atoms with E-state index in [-0.39, 0.29) is 0 Å². The van der Waals surface area contributed by atoms with Crippen LogP contribution in [0.15, 0.2) is 60.7 Å². The van der Waals surface area contributed by atoms with E-state index in [1.165, 1.54) is 5.56 Å². The highest BCUT2D eigenvalue weighted by atomic mass is 32.1. The lowest BCUT2D eigenvalue weighted by Gasteiger charge is -2.38. The molecule has 1 N–H and O–H groups in total. The molecule has 0 aromatic heterocycles. The molecule has 2 atom stereocenters. The van der Waals surface area contributed by atoms with Crippen molar-refractivity contribution in [3.8, 4) is 0 Å². The molecular formula is C17H17NOS. The first-order valence-electron chi connectivity index (χ1n) is 6.86. The summed E-state index contributed by atoms with van der Waals surface area (Å²) in [5.74, 6) is 0.304. The number of hydrogen-bond acceptors (Lipinski definition) is 2. The van der Waals surface area contributed by atoms with Gasteiger partial charge in [-0.25, -0.2) is 0 Å². The zero-order valence-corrected chi connectivity index (χ0v) is 12.0. The predicted octanol–water partition coefficient (Wildman–Crippen LogP) is 3.72. The summed E-state index contributed by atoms with van der Waals surface area (Å²) >= 11 is 5.53. The van der Waals surface area contributed by atoms with Gasteiger partial charge in [0.05, 0.1) is 4.99 Å². The first-order valence-corrected chi connectivity index (χ1v) is 7.26. The average Bonchev–Trinajstić information content (AvgIpc) is 2.48. The van der Waals surface area contributed by atoms with Gasteiger partial charge in [-0.2, -0.15) is 0 Å². The van der Waals surface area contributed by atoms with Crippen molar-refractivity contribution in [1.29, 1.82) is 0 Å². The molecule has 2 nitrogen and oxygen atoms in total. The predicted molar refractivity (Wildman–Crippen MR) is 85.9 cm³/mol. The van der Waals surface area contributed by atoms with Crippen molar-refractivity contribution in [2.45, 2.75) is 25.0 Å².